The molecule has 0 aliphatic carbocycles. The molecular formula is C23H18ClN3O3. The number of aryl methyl sites for hydroxylation is 1. The van der Waals surface area contributed by atoms with E-state index in [9.17, 15) is 10.1 Å². The molecule has 0 amide bonds. The summed E-state index contributed by atoms with van der Waals surface area (Å²) >= 11 is 6.26. The number of non-ortho nitro benzene ring substituents is 1. The molecule has 3 aromatic rings. The van der Waals surface area contributed by atoms with E-state index in [-0.39, 0.29) is 11.7 Å². The first-order valence-corrected chi connectivity index (χ1v) is 10.0. The molecule has 0 radical (unpaired) electrons. The Balaban J connectivity index is 1.60. The maximum atomic E-state index is 11.3. The smallest absolute Gasteiger partial charge is 0.269 e. The van der Waals surface area contributed by atoms with Crippen molar-refractivity contribution in [2.45, 2.75) is 25.6 Å². The molecule has 30 heavy (non-hydrogen) atoms. The van der Waals surface area contributed by atoms with Crippen molar-refractivity contribution in [1.82, 2.24) is 5.01 Å². The van der Waals surface area contributed by atoms with Crippen molar-refractivity contribution in [2.75, 3.05) is 0 Å². The summed E-state index contributed by atoms with van der Waals surface area (Å²) in [4.78, 5) is 10.9. The molecule has 150 valence electrons. The Kier molecular flexibility index (Phi) is 4.44. The number of nitro groups is 1. The van der Waals surface area contributed by atoms with Gasteiger partial charge in [0.15, 0.2) is 0 Å². The van der Waals surface area contributed by atoms with Crippen molar-refractivity contribution in [3.8, 4) is 5.75 Å². The number of nitro benzene ring substituents is 1. The Morgan fingerprint density at radius 2 is 1.93 bits per heavy atom. The number of halogens is 1. The Bertz CT molecular complexity index is 1180. The van der Waals surface area contributed by atoms with Crippen LogP contribution in [0.3, 0.4) is 0 Å². The average Bonchev–Trinajstić information content (AvgIpc) is 3.19. The molecule has 0 fully saturated rings. The minimum atomic E-state index is -0.563. The topological polar surface area (TPSA) is 68.0 Å². The fraction of sp³-hybridized carbons (Fsp3) is 0.174. The van der Waals surface area contributed by atoms with E-state index in [1.54, 1.807) is 18.2 Å². The molecule has 0 spiro atoms. The summed E-state index contributed by atoms with van der Waals surface area (Å²) in [6, 6.07) is 20.3. The van der Waals surface area contributed by atoms with Gasteiger partial charge in [-0.05, 0) is 30.7 Å². The Hall–Kier alpha value is -3.38. The van der Waals surface area contributed by atoms with Crippen LogP contribution in [0.5, 0.6) is 5.75 Å². The van der Waals surface area contributed by atoms with E-state index >= 15 is 0 Å². The minimum absolute atomic E-state index is 0.0245. The van der Waals surface area contributed by atoms with Crippen LogP contribution in [0.4, 0.5) is 5.69 Å². The van der Waals surface area contributed by atoms with Gasteiger partial charge in [-0.2, -0.15) is 5.10 Å². The second-order valence-electron chi connectivity index (χ2n) is 7.52. The normalized spacial score (nSPS) is 19.5. The summed E-state index contributed by atoms with van der Waals surface area (Å²) in [6.07, 6.45) is 0.136. The number of ether oxygens (including phenoxy) is 1. The average molecular weight is 420 g/mol. The largest absolute Gasteiger partial charge is 0.464 e. The maximum Gasteiger partial charge on any atom is 0.269 e. The van der Waals surface area contributed by atoms with Crippen LogP contribution in [0.1, 0.15) is 40.9 Å². The molecule has 2 aliphatic heterocycles. The molecule has 0 N–H and O–H groups in total. The standard InChI is InChI=1S/C23H18ClN3O3/c1-14-5-7-15(8-6-14)20-13-21-19-12-17(24)9-10-22(19)30-23(26(21)25-20)16-3-2-4-18(11-16)27(28)29/h2-12,21,23H,13H2,1H3/t21-,23-/m0/s1. The van der Waals surface area contributed by atoms with Crippen LogP contribution in [0.15, 0.2) is 71.8 Å². The molecule has 7 heteroatoms. The molecule has 6 nitrogen and oxygen atoms in total. The number of benzene rings is 3. The van der Waals surface area contributed by atoms with Gasteiger partial charge in [0.1, 0.15) is 5.75 Å². The number of rotatable bonds is 3. The van der Waals surface area contributed by atoms with Crippen LogP contribution in [0, 0.1) is 17.0 Å². The summed E-state index contributed by atoms with van der Waals surface area (Å²) in [5.41, 5.74) is 4.86. The van der Waals surface area contributed by atoms with Crippen molar-refractivity contribution in [3.63, 3.8) is 0 Å². The summed E-state index contributed by atoms with van der Waals surface area (Å²) in [6.45, 7) is 2.05. The first-order chi connectivity index (χ1) is 14.5. The summed E-state index contributed by atoms with van der Waals surface area (Å²) in [5, 5.41) is 18.7. The van der Waals surface area contributed by atoms with E-state index in [0.717, 1.165) is 22.6 Å². The molecule has 3 aromatic carbocycles. The van der Waals surface area contributed by atoms with Crippen LogP contribution in [-0.4, -0.2) is 15.6 Å². The number of nitrogens with zero attached hydrogens (tertiary/aromatic N) is 3. The third kappa shape index (κ3) is 3.19. The van der Waals surface area contributed by atoms with Crippen molar-refractivity contribution >= 4 is 23.0 Å². The Morgan fingerprint density at radius 1 is 1.13 bits per heavy atom. The third-order valence-corrected chi connectivity index (χ3v) is 5.74. The molecule has 0 aromatic heterocycles. The quantitative estimate of drug-likeness (QED) is 0.397. The van der Waals surface area contributed by atoms with Crippen molar-refractivity contribution < 1.29 is 9.66 Å². The van der Waals surface area contributed by atoms with Gasteiger partial charge >= 0.3 is 0 Å². The molecule has 5 rings (SSSR count). The van der Waals surface area contributed by atoms with Gasteiger partial charge in [-0.1, -0.05) is 53.6 Å². The molecule has 0 bridgehead atoms. The maximum absolute atomic E-state index is 11.3. The van der Waals surface area contributed by atoms with Crippen molar-refractivity contribution in [1.29, 1.82) is 0 Å². The van der Waals surface area contributed by atoms with Gasteiger partial charge in [0.2, 0.25) is 6.23 Å². The lowest BCUT2D eigenvalue weighted by molar-refractivity contribution is -0.385. The molecule has 0 saturated carbocycles. The third-order valence-electron chi connectivity index (χ3n) is 5.50. The van der Waals surface area contributed by atoms with E-state index < -0.39 is 11.2 Å². The van der Waals surface area contributed by atoms with Gasteiger partial charge in [-0.3, -0.25) is 10.1 Å². The number of hydrogen-bond donors (Lipinski definition) is 0. The highest BCUT2D eigenvalue weighted by molar-refractivity contribution is 6.30. The first-order valence-electron chi connectivity index (χ1n) is 9.63. The zero-order valence-corrected chi connectivity index (χ0v) is 16.9. The van der Waals surface area contributed by atoms with E-state index in [4.69, 9.17) is 21.4 Å². The number of hydrogen-bond acceptors (Lipinski definition) is 5. The second-order valence-corrected chi connectivity index (χ2v) is 7.95. The fourth-order valence-electron chi connectivity index (χ4n) is 3.99. The van der Waals surface area contributed by atoms with Gasteiger partial charge in [-0.25, -0.2) is 5.01 Å². The molecule has 0 saturated heterocycles. The van der Waals surface area contributed by atoms with Crippen LogP contribution in [0.2, 0.25) is 5.02 Å². The van der Waals surface area contributed by atoms with Crippen LogP contribution < -0.4 is 4.74 Å². The van der Waals surface area contributed by atoms with E-state index in [1.165, 1.54) is 11.6 Å². The summed E-state index contributed by atoms with van der Waals surface area (Å²) < 4.78 is 6.26. The molecule has 2 aliphatic rings. The lowest BCUT2D eigenvalue weighted by atomic mass is 9.95. The lowest BCUT2D eigenvalue weighted by Crippen LogP contribution is -2.33. The fourth-order valence-corrected chi connectivity index (χ4v) is 4.17. The lowest BCUT2D eigenvalue weighted by Gasteiger charge is -2.38. The van der Waals surface area contributed by atoms with Crippen LogP contribution in [-0.2, 0) is 0 Å². The summed E-state index contributed by atoms with van der Waals surface area (Å²) in [5.74, 6) is 0.720. The van der Waals surface area contributed by atoms with E-state index in [1.807, 2.05) is 30.1 Å². The minimum Gasteiger partial charge on any atom is -0.464 e. The van der Waals surface area contributed by atoms with Crippen molar-refractivity contribution in [3.05, 3.63) is 104 Å². The Morgan fingerprint density at radius 3 is 2.70 bits per heavy atom. The second kappa shape index (κ2) is 7.15. The predicted molar refractivity (Wildman–Crippen MR) is 115 cm³/mol. The predicted octanol–water partition coefficient (Wildman–Crippen LogP) is 5.80. The number of hydrazone groups is 1. The molecule has 0 unspecified atom stereocenters. The van der Waals surface area contributed by atoms with Gasteiger partial charge in [0, 0.05) is 34.7 Å². The molecule has 2 heterocycles. The van der Waals surface area contributed by atoms with Crippen molar-refractivity contribution in [2.24, 2.45) is 5.10 Å². The zero-order chi connectivity index (χ0) is 20.8. The van der Waals surface area contributed by atoms with Crippen LogP contribution in [0.25, 0.3) is 0 Å². The highest BCUT2D eigenvalue weighted by Gasteiger charge is 2.41. The zero-order valence-electron chi connectivity index (χ0n) is 16.2. The van der Waals surface area contributed by atoms with E-state index in [0.29, 0.717) is 17.0 Å². The van der Waals surface area contributed by atoms with Gasteiger partial charge < -0.3 is 4.74 Å². The Labute approximate surface area is 178 Å². The van der Waals surface area contributed by atoms with Gasteiger partial charge in [0.05, 0.1) is 16.7 Å². The summed E-state index contributed by atoms with van der Waals surface area (Å²) in [7, 11) is 0. The van der Waals surface area contributed by atoms with Crippen LogP contribution >= 0.6 is 11.6 Å². The molecular weight excluding hydrogens is 402 g/mol. The van der Waals surface area contributed by atoms with Gasteiger partial charge in [0.25, 0.3) is 5.69 Å². The molecule has 2 atom stereocenters. The first kappa shape index (κ1) is 18.6. The van der Waals surface area contributed by atoms with E-state index in [2.05, 4.69) is 24.3 Å². The highest BCUT2D eigenvalue weighted by atomic mass is 35.5. The number of fused-ring (bicyclic) bond motifs is 3. The monoisotopic (exact) mass is 419 g/mol. The van der Waals surface area contributed by atoms with Gasteiger partial charge in [-0.15, -0.1) is 0 Å². The SMILES string of the molecule is Cc1ccc(C2=NN3[C@@H](C2)c2cc(Cl)ccc2O[C@H]3c2cccc([N+](=O)[O-])c2)cc1. The highest BCUT2D eigenvalue weighted by Crippen LogP contribution is 2.48.